The maximum absolute atomic E-state index is 12.7. The number of anilines is 1. The number of aliphatic imine (C=N–C) groups is 1. The Bertz CT molecular complexity index is 508. The Morgan fingerprint density at radius 3 is 2.67 bits per heavy atom. The largest absolute Gasteiger partial charge is 0.416 e. The van der Waals surface area contributed by atoms with Gasteiger partial charge in [0.1, 0.15) is 0 Å². The van der Waals surface area contributed by atoms with Crippen LogP contribution in [0, 0.1) is 0 Å². The SMILES string of the molecule is COCC(C)N=C(NN)Nc1cc(C(F)(F)F)ccc1Br. The Morgan fingerprint density at radius 1 is 1.48 bits per heavy atom. The van der Waals surface area contributed by atoms with Gasteiger partial charge in [0.05, 0.1) is 23.9 Å². The number of methoxy groups -OCH3 is 1. The number of halogens is 4. The van der Waals surface area contributed by atoms with Crippen molar-refractivity contribution in [2.24, 2.45) is 10.8 Å². The molecule has 5 nitrogen and oxygen atoms in total. The van der Waals surface area contributed by atoms with Gasteiger partial charge in [0, 0.05) is 11.6 Å². The molecule has 0 spiro atoms. The lowest BCUT2D eigenvalue weighted by molar-refractivity contribution is -0.137. The molecule has 1 rings (SSSR count). The van der Waals surface area contributed by atoms with Gasteiger partial charge in [0.2, 0.25) is 5.96 Å². The summed E-state index contributed by atoms with van der Waals surface area (Å²) in [6.07, 6.45) is -4.42. The number of nitrogens with two attached hydrogens (primary N) is 1. The molecule has 0 saturated carbocycles. The van der Waals surface area contributed by atoms with Crippen LogP contribution in [-0.2, 0) is 10.9 Å². The second kappa shape index (κ2) is 7.62. The summed E-state index contributed by atoms with van der Waals surface area (Å²) in [7, 11) is 1.53. The molecule has 4 N–H and O–H groups in total. The Hall–Kier alpha value is -1.32. The maximum Gasteiger partial charge on any atom is 0.416 e. The second-order valence-electron chi connectivity index (χ2n) is 4.24. The van der Waals surface area contributed by atoms with Crippen molar-refractivity contribution in [3.8, 4) is 0 Å². The second-order valence-corrected chi connectivity index (χ2v) is 5.10. The lowest BCUT2D eigenvalue weighted by Gasteiger charge is -2.15. The van der Waals surface area contributed by atoms with E-state index in [1.165, 1.54) is 13.2 Å². The number of hydrazine groups is 1. The average Bonchev–Trinajstić information content (AvgIpc) is 2.39. The van der Waals surface area contributed by atoms with Crippen molar-refractivity contribution in [1.82, 2.24) is 5.43 Å². The van der Waals surface area contributed by atoms with E-state index in [2.05, 4.69) is 31.7 Å². The van der Waals surface area contributed by atoms with Gasteiger partial charge in [-0.3, -0.25) is 5.43 Å². The zero-order valence-electron chi connectivity index (χ0n) is 11.5. The normalized spacial score (nSPS) is 14.0. The summed E-state index contributed by atoms with van der Waals surface area (Å²) in [4.78, 5) is 4.16. The minimum atomic E-state index is -4.42. The van der Waals surface area contributed by atoms with Gasteiger partial charge >= 0.3 is 6.18 Å². The maximum atomic E-state index is 12.7. The summed E-state index contributed by atoms with van der Waals surface area (Å²) in [6, 6.07) is 3.05. The van der Waals surface area contributed by atoms with Crippen LogP contribution in [0.2, 0.25) is 0 Å². The lowest BCUT2D eigenvalue weighted by Crippen LogP contribution is -2.37. The lowest BCUT2D eigenvalue weighted by atomic mass is 10.2. The van der Waals surface area contributed by atoms with Gasteiger partial charge in [0.25, 0.3) is 0 Å². The van der Waals surface area contributed by atoms with Crippen LogP contribution in [0.15, 0.2) is 27.7 Å². The molecule has 1 unspecified atom stereocenters. The van der Waals surface area contributed by atoms with Crippen molar-refractivity contribution in [3.63, 3.8) is 0 Å². The first-order valence-electron chi connectivity index (χ1n) is 5.95. The highest BCUT2D eigenvalue weighted by Crippen LogP contribution is 2.33. The standard InChI is InChI=1S/C12H16BrF3N4O/c1-7(6-21-2)18-11(20-17)19-10-5-8(12(14,15)16)3-4-9(10)13/h3-5,7H,6,17H2,1-2H3,(H2,18,19,20). The number of guanidine groups is 1. The number of rotatable bonds is 4. The molecule has 0 aliphatic carbocycles. The Morgan fingerprint density at radius 2 is 2.14 bits per heavy atom. The van der Waals surface area contributed by atoms with Crippen LogP contribution in [0.3, 0.4) is 0 Å². The minimum absolute atomic E-state index is 0.138. The van der Waals surface area contributed by atoms with Crippen LogP contribution in [0.1, 0.15) is 12.5 Å². The zero-order valence-corrected chi connectivity index (χ0v) is 13.0. The molecule has 0 aliphatic rings. The predicted octanol–water partition coefficient (Wildman–Crippen LogP) is 2.73. The molecule has 0 amide bonds. The number of benzene rings is 1. The highest BCUT2D eigenvalue weighted by Gasteiger charge is 2.31. The van der Waals surface area contributed by atoms with Crippen LogP contribution in [0.25, 0.3) is 0 Å². The van der Waals surface area contributed by atoms with Crippen molar-refractivity contribution in [3.05, 3.63) is 28.2 Å². The van der Waals surface area contributed by atoms with Gasteiger partial charge in [-0.05, 0) is 41.1 Å². The van der Waals surface area contributed by atoms with E-state index in [0.717, 1.165) is 12.1 Å². The summed E-state index contributed by atoms with van der Waals surface area (Å²) >= 11 is 3.17. The van der Waals surface area contributed by atoms with E-state index in [1.807, 2.05) is 0 Å². The van der Waals surface area contributed by atoms with E-state index in [4.69, 9.17) is 10.6 Å². The third-order valence-corrected chi connectivity index (χ3v) is 3.13. The van der Waals surface area contributed by atoms with Crippen molar-refractivity contribution >= 4 is 27.6 Å². The molecule has 0 aromatic heterocycles. The summed E-state index contributed by atoms with van der Waals surface area (Å²) in [6.45, 7) is 2.14. The highest BCUT2D eigenvalue weighted by molar-refractivity contribution is 9.10. The molecule has 0 heterocycles. The third-order valence-electron chi connectivity index (χ3n) is 2.44. The molecule has 1 atom stereocenters. The van der Waals surface area contributed by atoms with Crippen LogP contribution in [-0.4, -0.2) is 25.7 Å². The summed E-state index contributed by atoms with van der Waals surface area (Å²) in [5.74, 6) is 5.46. The van der Waals surface area contributed by atoms with Gasteiger partial charge in [-0.15, -0.1) is 0 Å². The van der Waals surface area contributed by atoms with Gasteiger partial charge in [-0.1, -0.05) is 0 Å². The number of ether oxygens (including phenoxy) is 1. The third kappa shape index (κ3) is 5.52. The van der Waals surface area contributed by atoms with E-state index in [-0.39, 0.29) is 17.7 Å². The summed E-state index contributed by atoms with van der Waals surface area (Å²) in [5, 5.41) is 2.71. The first-order chi connectivity index (χ1) is 9.77. The molecule has 1 aromatic rings. The Kier molecular flexibility index (Phi) is 6.43. The van der Waals surface area contributed by atoms with E-state index in [1.54, 1.807) is 6.92 Å². The smallest absolute Gasteiger partial charge is 0.382 e. The van der Waals surface area contributed by atoms with Gasteiger partial charge in [0.15, 0.2) is 0 Å². The monoisotopic (exact) mass is 368 g/mol. The molecular formula is C12H16BrF3N4O. The van der Waals surface area contributed by atoms with Gasteiger partial charge in [-0.25, -0.2) is 10.8 Å². The molecule has 21 heavy (non-hydrogen) atoms. The fraction of sp³-hybridized carbons (Fsp3) is 0.417. The fourth-order valence-corrected chi connectivity index (χ4v) is 1.88. The highest BCUT2D eigenvalue weighted by atomic mass is 79.9. The van der Waals surface area contributed by atoms with E-state index in [0.29, 0.717) is 11.1 Å². The number of alkyl halides is 3. The molecule has 0 radical (unpaired) electrons. The number of hydrogen-bond acceptors (Lipinski definition) is 3. The van der Waals surface area contributed by atoms with Crippen molar-refractivity contribution in [1.29, 1.82) is 0 Å². The van der Waals surface area contributed by atoms with Crippen molar-refractivity contribution in [2.45, 2.75) is 19.1 Å². The molecular weight excluding hydrogens is 353 g/mol. The van der Waals surface area contributed by atoms with Crippen LogP contribution in [0.5, 0.6) is 0 Å². The van der Waals surface area contributed by atoms with E-state index >= 15 is 0 Å². The average molecular weight is 369 g/mol. The quantitative estimate of drug-likeness (QED) is 0.330. The Balaban J connectivity index is 2.99. The number of nitrogens with zero attached hydrogens (tertiary/aromatic N) is 1. The van der Waals surface area contributed by atoms with E-state index in [9.17, 15) is 13.2 Å². The van der Waals surface area contributed by atoms with Crippen LogP contribution < -0.4 is 16.6 Å². The van der Waals surface area contributed by atoms with Crippen molar-refractivity contribution in [2.75, 3.05) is 19.0 Å². The molecule has 0 bridgehead atoms. The first kappa shape index (κ1) is 17.7. The fourth-order valence-electron chi connectivity index (χ4n) is 1.53. The number of nitrogens with one attached hydrogen (secondary N) is 2. The predicted molar refractivity (Wildman–Crippen MR) is 78.9 cm³/mol. The summed E-state index contributed by atoms with van der Waals surface area (Å²) < 4.78 is 43.5. The molecule has 0 saturated heterocycles. The molecule has 0 aliphatic heterocycles. The molecule has 1 aromatic carbocycles. The van der Waals surface area contributed by atoms with Crippen molar-refractivity contribution < 1.29 is 17.9 Å². The minimum Gasteiger partial charge on any atom is -0.382 e. The van der Waals surface area contributed by atoms with Crippen LogP contribution >= 0.6 is 15.9 Å². The number of hydrogen-bond donors (Lipinski definition) is 3. The summed E-state index contributed by atoms with van der Waals surface area (Å²) in [5.41, 5.74) is 1.74. The molecule has 0 fully saturated rings. The van der Waals surface area contributed by atoms with Gasteiger partial charge in [-0.2, -0.15) is 13.2 Å². The van der Waals surface area contributed by atoms with Crippen LogP contribution in [0.4, 0.5) is 18.9 Å². The zero-order chi connectivity index (χ0) is 16.0. The van der Waals surface area contributed by atoms with E-state index < -0.39 is 11.7 Å². The molecule has 118 valence electrons. The Labute approximate surface area is 128 Å². The molecule has 9 heteroatoms. The first-order valence-corrected chi connectivity index (χ1v) is 6.74. The van der Waals surface area contributed by atoms with Gasteiger partial charge < -0.3 is 10.1 Å². The topological polar surface area (TPSA) is 71.7 Å².